The van der Waals surface area contributed by atoms with E-state index in [4.69, 9.17) is 11.8 Å². The Bertz CT molecular complexity index is 20.0. The third-order valence-electron chi connectivity index (χ3n) is 0.0598. The molecule has 0 atom stereocenters. The second kappa shape index (κ2) is 2.76. The Morgan fingerprint density at radius 3 is 2.25 bits per heavy atom. The Kier molecular flexibility index (Phi) is 2.59. The molecule has 0 radical (unpaired) electrons. The van der Waals surface area contributed by atoms with Gasteiger partial charge in [-0.25, -0.2) is 4.94 Å². The van der Waals surface area contributed by atoms with Crippen molar-refractivity contribution in [1.29, 1.82) is 0 Å². The standard InChI is InChI=1S/CH3ClN2/c1-3-4-2/h4H,1H2. The SMILES string of the molecule is C=NNCl. The predicted molar refractivity (Wildman–Crippen MR) is 18.5 cm³/mol. The number of rotatable bonds is 1. The van der Waals surface area contributed by atoms with Crippen LogP contribution in [0.15, 0.2) is 5.10 Å². The van der Waals surface area contributed by atoms with Gasteiger partial charge >= 0.3 is 0 Å². The molecule has 0 aromatic heterocycles. The molecule has 4 heavy (non-hydrogen) atoms. The van der Waals surface area contributed by atoms with Crippen molar-refractivity contribution in [1.82, 2.24) is 4.94 Å². The van der Waals surface area contributed by atoms with Crippen LogP contribution in [0.4, 0.5) is 0 Å². The van der Waals surface area contributed by atoms with E-state index in [9.17, 15) is 0 Å². The Balaban J connectivity index is 2.30. The van der Waals surface area contributed by atoms with Gasteiger partial charge in [0.2, 0.25) is 0 Å². The highest BCUT2D eigenvalue weighted by Gasteiger charge is 1.37. The van der Waals surface area contributed by atoms with E-state index in [1.54, 1.807) is 0 Å². The van der Waals surface area contributed by atoms with Gasteiger partial charge in [0.05, 0.1) is 0 Å². The van der Waals surface area contributed by atoms with Gasteiger partial charge in [-0.05, 0) is 0 Å². The first-order valence-corrected chi connectivity index (χ1v) is 1.11. The fourth-order valence-electron chi connectivity index (χ4n) is 0. The Labute approximate surface area is 29.6 Å². The molecule has 0 heterocycles. The third kappa shape index (κ3) is 1.76. The van der Waals surface area contributed by atoms with E-state index in [2.05, 4.69) is 11.8 Å². The van der Waals surface area contributed by atoms with Crippen LogP contribution in [0, 0.1) is 0 Å². The van der Waals surface area contributed by atoms with Crippen LogP contribution >= 0.6 is 11.8 Å². The monoisotopic (exact) mass is 78.0 g/mol. The van der Waals surface area contributed by atoms with Crippen LogP contribution in [0.1, 0.15) is 0 Å². The van der Waals surface area contributed by atoms with E-state index >= 15 is 0 Å². The third-order valence-corrected chi connectivity index (χ3v) is 0.179. The number of hydrogen-bond donors (Lipinski definition) is 1. The molecule has 0 saturated carbocycles. The van der Waals surface area contributed by atoms with Crippen molar-refractivity contribution in [2.45, 2.75) is 0 Å². The summed E-state index contributed by atoms with van der Waals surface area (Å²) in [5.41, 5.74) is 0. The molecule has 0 bridgehead atoms. The van der Waals surface area contributed by atoms with Crippen molar-refractivity contribution in [2.24, 2.45) is 5.10 Å². The summed E-state index contributed by atoms with van der Waals surface area (Å²) in [5.74, 6) is 0. The van der Waals surface area contributed by atoms with Crippen LogP contribution < -0.4 is 4.94 Å². The number of hydrazone groups is 1. The molecule has 3 heteroatoms. The summed E-state index contributed by atoms with van der Waals surface area (Å²) in [7, 11) is 0. The van der Waals surface area contributed by atoms with Crippen LogP contribution in [0.5, 0.6) is 0 Å². The molecule has 0 aliphatic rings. The smallest absolute Gasteiger partial charge is 0.0289 e. The lowest BCUT2D eigenvalue weighted by molar-refractivity contribution is 1.12. The quantitative estimate of drug-likeness (QED) is 0.273. The summed E-state index contributed by atoms with van der Waals surface area (Å²) < 4.78 is 0. The molecule has 0 aromatic carbocycles. The van der Waals surface area contributed by atoms with Crippen LogP contribution in [-0.2, 0) is 0 Å². The zero-order valence-electron chi connectivity index (χ0n) is 2.03. The highest BCUT2D eigenvalue weighted by atomic mass is 35.5. The maximum atomic E-state index is 4.71. The van der Waals surface area contributed by atoms with Gasteiger partial charge < -0.3 is 0 Å². The maximum Gasteiger partial charge on any atom is 0.0289 e. The van der Waals surface area contributed by atoms with Crippen LogP contribution in [0.25, 0.3) is 0 Å². The summed E-state index contributed by atoms with van der Waals surface area (Å²) in [6.07, 6.45) is 0. The molecule has 2 nitrogen and oxygen atoms in total. The average molecular weight is 78.5 g/mol. The molecule has 0 rings (SSSR count). The normalized spacial score (nSPS) is 5.25. The Hall–Kier alpha value is -0.240. The summed E-state index contributed by atoms with van der Waals surface area (Å²) in [6, 6.07) is 0. The van der Waals surface area contributed by atoms with E-state index in [1.165, 1.54) is 0 Å². The van der Waals surface area contributed by atoms with Gasteiger partial charge in [-0.3, -0.25) is 0 Å². The highest BCUT2D eigenvalue weighted by Crippen LogP contribution is 1.50. The van der Waals surface area contributed by atoms with E-state index in [1.807, 2.05) is 4.94 Å². The second-order valence-electron chi connectivity index (χ2n) is 0.243. The van der Waals surface area contributed by atoms with Crippen LogP contribution in [0.3, 0.4) is 0 Å². The molecule has 0 fully saturated rings. The largest absolute Gasteiger partial charge is 0.220 e. The van der Waals surface area contributed by atoms with E-state index in [-0.39, 0.29) is 0 Å². The molecule has 0 aromatic rings. The van der Waals surface area contributed by atoms with Crippen molar-refractivity contribution in [3.8, 4) is 0 Å². The Morgan fingerprint density at radius 2 is 2.25 bits per heavy atom. The lowest BCUT2D eigenvalue weighted by Crippen LogP contribution is -1.75. The van der Waals surface area contributed by atoms with Crippen molar-refractivity contribution >= 4 is 18.5 Å². The first kappa shape index (κ1) is 3.76. The average Bonchev–Trinajstić information content (AvgIpc) is 1.37. The van der Waals surface area contributed by atoms with Gasteiger partial charge in [-0.1, -0.05) is 0 Å². The number of nitrogens with zero attached hydrogens (tertiary/aromatic N) is 1. The molecular formula is CH3ClN2. The fraction of sp³-hybridized carbons (Fsp3) is 0. The zero-order chi connectivity index (χ0) is 3.41. The number of nitrogens with one attached hydrogen (secondary N) is 1. The molecule has 0 saturated heterocycles. The number of halogens is 1. The molecule has 0 unspecified atom stereocenters. The lowest BCUT2D eigenvalue weighted by atomic mass is 11.7. The minimum absolute atomic E-state index is 1.92. The molecule has 0 aliphatic heterocycles. The molecular weight excluding hydrogens is 75.5 g/mol. The minimum atomic E-state index is 1.92. The first-order valence-electron chi connectivity index (χ1n) is 0.729. The van der Waals surface area contributed by atoms with Gasteiger partial charge in [0.25, 0.3) is 0 Å². The van der Waals surface area contributed by atoms with Gasteiger partial charge in [-0.15, -0.1) is 0 Å². The number of hydrogen-bond acceptors (Lipinski definition) is 2. The van der Waals surface area contributed by atoms with Gasteiger partial charge in [0.1, 0.15) is 0 Å². The first-order chi connectivity index (χ1) is 1.91. The molecule has 0 spiro atoms. The summed E-state index contributed by atoms with van der Waals surface area (Å²) >= 11 is 4.71. The topological polar surface area (TPSA) is 24.4 Å². The van der Waals surface area contributed by atoms with Crippen molar-refractivity contribution in [3.63, 3.8) is 0 Å². The van der Waals surface area contributed by atoms with Crippen molar-refractivity contribution in [3.05, 3.63) is 0 Å². The molecule has 24 valence electrons. The fourth-order valence-corrected chi connectivity index (χ4v) is 0. The van der Waals surface area contributed by atoms with E-state index < -0.39 is 0 Å². The highest BCUT2D eigenvalue weighted by molar-refractivity contribution is 6.13. The second-order valence-corrected chi connectivity index (χ2v) is 0.412. The van der Waals surface area contributed by atoms with Gasteiger partial charge in [-0.2, -0.15) is 5.10 Å². The van der Waals surface area contributed by atoms with Crippen molar-refractivity contribution in [2.75, 3.05) is 0 Å². The van der Waals surface area contributed by atoms with Gasteiger partial charge in [0.15, 0.2) is 0 Å². The summed E-state index contributed by atoms with van der Waals surface area (Å²) in [6.45, 7) is 2.99. The maximum absolute atomic E-state index is 4.71. The van der Waals surface area contributed by atoms with Crippen LogP contribution in [-0.4, -0.2) is 6.72 Å². The van der Waals surface area contributed by atoms with E-state index in [0.717, 1.165) is 0 Å². The summed E-state index contributed by atoms with van der Waals surface area (Å²) in [5, 5.41) is 3.00. The predicted octanol–water partition coefficient (Wildman–Crippen LogP) is 0.345. The lowest BCUT2D eigenvalue weighted by Gasteiger charge is -1.66. The minimum Gasteiger partial charge on any atom is -0.220 e. The summed E-state index contributed by atoms with van der Waals surface area (Å²) in [4.78, 5) is 1.92. The molecule has 0 aliphatic carbocycles. The van der Waals surface area contributed by atoms with E-state index in [0.29, 0.717) is 0 Å². The van der Waals surface area contributed by atoms with Crippen molar-refractivity contribution < 1.29 is 0 Å². The van der Waals surface area contributed by atoms with Gasteiger partial charge in [0, 0.05) is 18.5 Å². The zero-order valence-corrected chi connectivity index (χ0v) is 2.79. The Morgan fingerprint density at radius 1 is 2.00 bits per heavy atom. The molecule has 1 N–H and O–H groups in total. The molecule has 0 amide bonds. The van der Waals surface area contributed by atoms with Crippen LogP contribution in [0.2, 0.25) is 0 Å².